The van der Waals surface area contributed by atoms with Crippen molar-refractivity contribution in [1.82, 2.24) is 30.0 Å². The summed E-state index contributed by atoms with van der Waals surface area (Å²) >= 11 is 0. The van der Waals surface area contributed by atoms with Crippen molar-refractivity contribution in [3.63, 3.8) is 0 Å². The standard InChI is InChI=1S/C10H14N8O2/c1-3-20-10-14-8(16-11)13-9(15-10)18-5-4-6(17-18)7(19)12-2/h4-5H,3,11H2,1-2H3,(H,12,19)(H,13,14,15,16). The van der Waals surface area contributed by atoms with Gasteiger partial charge in [-0.1, -0.05) is 0 Å². The second-order valence-electron chi connectivity index (χ2n) is 3.54. The third kappa shape index (κ3) is 2.80. The number of hydrogen-bond acceptors (Lipinski definition) is 8. The monoisotopic (exact) mass is 278 g/mol. The number of nitrogens with zero attached hydrogens (tertiary/aromatic N) is 5. The van der Waals surface area contributed by atoms with Gasteiger partial charge >= 0.3 is 6.01 Å². The van der Waals surface area contributed by atoms with E-state index in [1.165, 1.54) is 11.7 Å². The first-order valence-corrected chi connectivity index (χ1v) is 5.81. The molecule has 2 aromatic rings. The van der Waals surface area contributed by atoms with Crippen molar-refractivity contribution in [3.05, 3.63) is 18.0 Å². The van der Waals surface area contributed by atoms with Crippen molar-refractivity contribution in [2.24, 2.45) is 5.84 Å². The molecule has 2 heterocycles. The Morgan fingerprint density at radius 2 is 2.25 bits per heavy atom. The molecule has 0 bridgehead atoms. The summed E-state index contributed by atoms with van der Waals surface area (Å²) in [4.78, 5) is 23.5. The number of ether oxygens (including phenoxy) is 1. The molecule has 10 heteroatoms. The van der Waals surface area contributed by atoms with Gasteiger partial charge in [-0.25, -0.2) is 10.5 Å². The van der Waals surface area contributed by atoms with Crippen molar-refractivity contribution in [1.29, 1.82) is 0 Å². The number of amides is 1. The van der Waals surface area contributed by atoms with Gasteiger partial charge in [-0.05, 0) is 13.0 Å². The number of carbonyl (C=O) groups excluding carboxylic acids is 1. The van der Waals surface area contributed by atoms with Crippen LogP contribution < -0.4 is 21.3 Å². The maximum Gasteiger partial charge on any atom is 0.323 e. The predicted molar refractivity (Wildman–Crippen MR) is 69.3 cm³/mol. The van der Waals surface area contributed by atoms with Gasteiger partial charge in [0, 0.05) is 13.2 Å². The molecule has 10 nitrogen and oxygen atoms in total. The van der Waals surface area contributed by atoms with Gasteiger partial charge in [0.15, 0.2) is 5.69 Å². The molecule has 106 valence electrons. The minimum atomic E-state index is -0.306. The van der Waals surface area contributed by atoms with Crippen molar-refractivity contribution in [2.75, 3.05) is 19.1 Å². The van der Waals surface area contributed by atoms with Crippen molar-refractivity contribution < 1.29 is 9.53 Å². The molecule has 4 N–H and O–H groups in total. The lowest BCUT2D eigenvalue weighted by Gasteiger charge is -2.06. The highest BCUT2D eigenvalue weighted by molar-refractivity contribution is 5.91. The number of carbonyl (C=O) groups is 1. The SMILES string of the molecule is CCOc1nc(NN)nc(-n2ccc(C(=O)NC)n2)n1. The van der Waals surface area contributed by atoms with Crippen LogP contribution in [0.3, 0.4) is 0 Å². The lowest BCUT2D eigenvalue weighted by Crippen LogP contribution is -2.19. The smallest absolute Gasteiger partial charge is 0.323 e. The number of nitrogens with two attached hydrogens (primary N) is 1. The Kier molecular flexibility index (Phi) is 4.05. The van der Waals surface area contributed by atoms with E-state index in [4.69, 9.17) is 10.6 Å². The summed E-state index contributed by atoms with van der Waals surface area (Å²) in [5.74, 6) is 5.30. The number of nitrogen functional groups attached to an aromatic ring is 1. The van der Waals surface area contributed by atoms with Gasteiger partial charge in [-0.2, -0.15) is 20.1 Å². The number of rotatable bonds is 5. The molecule has 0 saturated carbocycles. The van der Waals surface area contributed by atoms with E-state index in [9.17, 15) is 4.79 Å². The fourth-order valence-electron chi connectivity index (χ4n) is 1.39. The van der Waals surface area contributed by atoms with Crippen LogP contribution in [0.25, 0.3) is 5.95 Å². The maximum absolute atomic E-state index is 11.5. The Morgan fingerprint density at radius 1 is 1.45 bits per heavy atom. The molecule has 2 aromatic heterocycles. The molecule has 20 heavy (non-hydrogen) atoms. The second kappa shape index (κ2) is 5.93. The summed E-state index contributed by atoms with van der Waals surface area (Å²) < 4.78 is 6.54. The lowest BCUT2D eigenvalue weighted by atomic mass is 10.4. The molecule has 0 unspecified atom stereocenters. The van der Waals surface area contributed by atoms with Crippen LogP contribution in [0.5, 0.6) is 6.01 Å². The zero-order valence-corrected chi connectivity index (χ0v) is 11.0. The quantitative estimate of drug-likeness (QED) is 0.473. The number of aromatic nitrogens is 5. The molecule has 0 saturated heterocycles. The summed E-state index contributed by atoms with van der Waals surface area (Å²) in [7, 11) is 1.52. The molecule has 0 spiro atoms. The summed E-state index contributed by atoms with van der Waals surface area (Å²) in [5, 5.41) is 6.53. The average molecular weight is 278 g/mol. The summed E-state index contributed by atoms with van der Waals surface area (Å²) in [6, 6.07) is 1.65. The molecule has 2 rings (SSSR count). The Balaban J connectivity index is 2.38. The fraction of sp³-hybridized carbons (Fsp3) is 0.300. The van der Waals surface area contributed by atoms with Gasteiger partial charge in [-0.3, -0.25) is 10.2 Å². The van der Waals surface area contributed by atoms with Crippen molar-refractivity contribution in [2.45, 2.75) is 6.92 Å². The van der Waals surface area contributed by atoms with Crippen LogP contribution in [0.2, 0.25) is 0 Å². The molecule has 0 radical (unpaired) electrons. The minimum absolute atomic E-state index is 0.113. The summed E-state index contributed by atoms with van der Waals surface area (Å²) in [6.45, 7) is 2.20. The molecule has 0 aliphatic carbocycles. The van der Waals surface area contributed by atoms with E-state index >= 15 is 0 Å². The molecule has 1 amide bonds. The van der Waals surface area contributed by atoms with E-state index in [0.717, 1.165) is 0 Å². The summed E-state index contributed by atoms with van der Waals surface area (Å²) in [5.41, 5.74) is 2.56. The average Bonchev–Trinajstić information content (AvgIpc) is 2.96. The molecule has 0 aromatic carbocycles. The number of hydrazine groups is 1. The number of nitrogens with one attached hydrogen (secondary N) is 2. The zero-order valence-electron chi connectivity index (χ0n) is 11.0. The topological polar surface area (TPSA) is 133 Å². The highest BCUT2D eigenvalue weighted by Crippen LogP contribution is 2.10. The van der Waals surface area contributed by atoms with Gasteiger partial charge in [0.1, 0.15) is 0 Å². The third-order valence-electron chi connectivity index (χ3n) is 2.26. The Bertz CT molecular complexity index is 611. The first kappa shape index (κ1) is 13.7. The van der Waals surface area contributed by atoms with Crippen LogP contribution in [0.4, 0.5) is 5.95 Å². The molecule has 0 fully saturated rings. The molecule has 0 atom stereocenters. The number of hydrogen-bond donors (Lipinski definition) is 3. The highest BCUT2D eigenvalue weighted by Gasteiger charge is 2.12. The fourth-order valence-corrected chi connectivity index (χ4v) is 1.39. The van der Waals surface area contributed by atoms with Crippen LogP contribution in [0.1, 0.15) is 17.4 Å². The predicted octanol–water partition coefficient (Wildman–Crippen LogP) is -0.899. The summed E-state index contributed by atoms with van der Waals surface area (Å²) in [6.07, 6.45) is 1.55. The first-order chi connectivity index (χ1) is 9.67. The Morgan fingerprint density at radius 3 is 2.90 bits per heavy atom. The van der Waals surface area contributed by atoms with E-state index in [1.54, 1.807) is 19.2 Å². The minimum Gasteiger partial charge on any atom is -0.464 e. The molecular formula is C10H14N8O2. The highest BCUT2D eigenvalue weighted by atomic mass is 16.5. The van der Waals surface area contributed by atoms with Crippen LogP contribution in [-0.4, -0.2) is 44.3 Å². The third-order valence-corrected chi connectivity index (χ3v) is 2.26. The molecule has 0 aliphatic heterocycles. The van der Waals surface area contributed by atoms with Crippen molar-refractivity contribution in [3.8, 4) is 12.0 Å². The Hall–Kier alpha value is -2.75. The maximum atomic E-state index is 11.5. The largest absolute Gasteiger partial charge is 0.464 e. The molecule has 0 aliphatic rings. The van der Waals surface area contributed by atoms with Gasteiger partial charge < -0.3 is 10.1 Å². The Labute approximate surface area is 114 Å². The normalized spacial score (nSPS) is 10.2. The zero-order chi connectivity index (χ0) is 14.5. The van der Waals surface area contributed by atoms with E-state index in [2.05, 4.69) is 30.8 Å². The van der Waals surface area contributed by atoms with Crippen LogP contribution in [0.15, 0.2) is 12.3 Å². The van der Waals surface area contributed by atoms with Crippen LogP contribution in [-0.2, 0) is 0 Å². The van der Waals surface area contributed by atoms with E-state index < -0.39 is 0 Å². The van der Waals surface area contributed by atoms with E-state index in [-0.39, 0.29) is 29.5 Å². The van der Waals surface area contributed by atoms with E-state index in [1.807, 2.05) is 0 Å². The number of anilines is 1. The lowest BCUT2D eigenvalue weighted by molar-refractivity contribution is 0.0957. The van der Waals surface area contributed by atoms with Crippen LogP contribution >= 0.6 is 0 Å². The first-order valence-electron chi connectivity index (χ1n) is 5.81. The van der Waals surface area contributed by atoms with Gasteiger partial charge in [0.2, 0.25) is 5.95 Å². The van der Waals surface area contributed by atoms with Gasteiger partial charge in [-0.15, -0.1) is 0 Å². The van der Waals surface area contributed by atoms with Gasteiger partial charge in [0.05, 0.1) is 6.61 Å². The van der Waals surface area contributed by atoms with Gasteiger partial charge in [0.25, 0.3) is 11.9 Å². The molecular weight excluding hydrogens is 264 g/mol. The van der Waals surface area contributed by atoms with Crippen LogP contribution in [0, 0.1) is 0 Å². The second-order valence-corrected chi connectivity index (χ2v) is 3.54. The van der Waals surface area contributed by atoms with E-state index in [0.29, 0.717) is 6.61 Å². The van der Waals surface area contributed by atoms with Crippen molar-refractivity contribution >= 4 is 11.9 Å².